The second-order valence-electron chi connectivity index (χ2n) is 5.64. The molecule has 0 atom stereocenters. The largest absolute Gasteiger partial charge is 0.481 e. The van der Waals surface area contributed by atoms with Gasteiger partial charge in [0.1, 0.15) is 0 Å². The summed E-state index contributed by atoms with van der Waals surface area (Å²) >= 11 is 0. The molecule has 128 valence electrons. The van der Waals surface area contributed by atoms with Crippen LogP contribution in [0.25, 0.3) is 0 Å². The molecule has 0 fully saturated rings. The molecule has 0 aromatic heterocycles. The summed E-state index contributed by atoms with van der Waals surface area (Å²) in [5, 5.41) is 8.49. The Morgan fingerprint density at radius 2 is 1.50 bits per heavy atom. The Bertz CT molecular complexity index is 310. The minimum absolute atomic E-state index is 0.134. The maximum atomic E-state index is 11.5. The molecule has 0 aromatic carbocycles. The molecule has 0 aromatic rings. The lowest BCUT2D eigenvalue weighted by Gasteiger charge is -2.03. The number of carboxylic acid groups (broad SMARTS) is 1. The van der Waals surface area contributed by atoms with E-state index in [1.165, 1.54) is 19.3 Å². The first kappa shape index (κ1) is 20.7. The molecule has 0 saturated carbocycles. The van der Waals surface area contributed by atoms with Crippen molar-refractivity contribution in [1.82, 2.24) is 0 Å². The van der Waals surface area contributed by atoms with Gasteiger partial charge in [-0.05, 0) is 38.5 Å². The highest BCUT2D eigenvalue weighted by Gasteiger charge is 2.02. The summed E-state index contributed by atoms with van der Waals surface area (Å²) in [5.74, 6) is -0.885. The van der Waals surface area contributed by atoms with E-state index in [1.807, 2.05) is 0 Å². The van der Waals surface area contributed by atoms with Crippen molar-refractivity contribution < 1.29 is 19.4 Å². The zero-order valence-corrected chi connectivity index (χ0v) is 14.0. The van der Waals surface area contributed by atoms with Gasteiger partial charge in [-0.2, -0.15) is 0 Å². The Morgan fingerprint density at radius 1 is 0.864 bits per heavy atom. The molecular formula is C18H32O4. The number of allylic oxidation sites excluding steroid dienone is 2. The van der Waals surface area contributed by atoms with E-state index < -0.39 is 5.97 Å². The third-order valence-electron chi connectivity index (χ3n) is 3.44. The number of hydrogen-bond donors (Lipinski definition) is 1. The van der Waals surface area contributed by atoms with Gasteiger partial charge >= 0.3 is 11.9 Å². The van der Waals surface area contributed by atoms with Crippen molar-refractivity contribution in [2.45, 2.75) is 84.0 Å². The molecule has 0 aliphatic rings. The molecular weight excluding hydrogens is 280 g/mol. The van der Waals surface area contributed by atoms with Crippen molar-refractivity contribution >= 4 is 11.9 Å². The molecule has 1 N–H and O–H groups in total. The summed E-state index contributed by atoms with van der Waals surface area (Å²) in [5.41, 5.74) is 0. The van der Waals surface area contributed by atoms with Gasteiger partial charge in [0.05, 0.1) is 6.61 Å². The van der Waals surface area contributed by atoms with E-state index >= 15 is 0 Å². The van der Waals surface area contributed by atoms with Crippen LogP contribution in [0.1, 0.15) is 84.0 Å². The summed E-state index contributed by atoms with van der Waals surface area (Å²) < 4.78 is 5.16. The Kier molecular flexibility index (Phi) is 15.1. The van der Waals surface area contributed by atoms with Gasteiger partial charge < -0.3 is 9.84 Å². The number of hydrogen-bond acceptors (Lipinski definition) is 3. The molecule has 4 nitrogen and oxygen atoms in total. The molecule has 22 heavy (non-hydrogen) atoms. The lowest BCUT2D eigenvalue weighted by Crippen LogP contribution is -2.05. The predicted molar refractivity (Wildman–Crippen MR) is 88.8 cm³/mol. The minimum atomic E-state index is -0.751. The molecule has 0 bridgehead atoms. The summed E-state index contributed by atoms with van der Waals surface area (Å²) in [6, 6.07) is 0. The van der Waals surface area contributed by atoms with Gasteiger partial charge in [-0.3, -0.25) is 9.59 Å². The van der Waals surface area contributed by atoms with Crippen molar-refractivity contribution in [2.24, 2.45) is 0 Å². The molecule has 0 saturated heterocycles. The lowest BCUT2D eigenvalue weighted by atomic mass is 10.1. The summed E-state index contributed by atoms with van der Waals surface area (Å²) in [6.45, 7) is 2.70. The van der Waals surface area contributed by atoms with E-state index in [4.69, 9.17) is 9.84 Å². The first-order valence-electron chi connectivity index (χ1n) is 8.69. The highest BCUT2D eigenvalue weighted by Crippen LogP contribution is 2.07. The monoisotopic (exact) mass is 312 g/mol. The first-order chi connectivity index (χ1) is 10.7. The van der Waals surface area contributed by atoms with E-state index in [2.05, 4.69) is 19.1 Å². The fourth-order valence-corrected chi connectivity index (χ4v) is 2.11. The maximum Gasteiger partial charge on any atom is 0.305 e. The van der Waals surface area contributed by atoms with Crippen LogP contribution in [0.4, 0.5) is 0 Å². The molecule has 0 aliphatic heterocycles. The smallest absolute Gasteiger partial charge is 0.305 e. The van der Waals surface area contributed by atoms with E-state index in [-0.39, 0.29) is 12.4 Å². The number of rotatable bonds is 15. The van der Waals surface area contributed by atoms with E-state index in [9.17, 15) is 9.59 Å². The second-order valence-corrected chi connectivity index (χ2v) is 5.64. The Balaban J connectivity index is 3.27. The molecule has 0 aliphatic carbocycles. The number of unbranched alkanes of at least 4 members (excludes halogenated alkanes) is 7. The zero-order chi connectivity index (χ0) is 16.5. The summed E-state index contributed by atoms with van der Waals surface area (Å²) in [7, 11) is 0. The average molecular weight is 312 g/mol. The molecule has 0 spiro atoms. The molecule has 0 amide bonds. The molecule has 0 radical (unpaired) electrons. The third kappa shape index (κ3) is 16.7. The number of ether oxygens (including phenoxy) is 1. The van der Waals surface area contributed by atoms with E-state index in [0.29, 0.717) is 19.4 Å². The lowest BCUT2D eigenvalue weighted by molar-refractivity contribution is -0.144. The van der Waals surface area contributed by atoms with E-state index in [1.54, 1.807) is 0 Å². The van der Waals surface area contributed by atoms with Gasteiger partial charge in [-0.25, -0.2) is 0 Å². The topological polar surface area (TPSA) is 63.6 Å². The van der Waals surface area contributed by atoms with Crippen molar-refractivity contribution in [2.75, 3.05) is 6.61 Å². The van der Waals surface area contributed by atoms with Crippen molar-refractivity contribution in [3.63, 3.8) is 0 Å². The van der Waals surface area contributed by atoms with Crippen LogP contribution in [0.3, 0.4) is 0 Å². The van der Waals surface area contributed by atoms with E-state index in [0.717, 1.165) is 38.5 Å². The van der Waals surface area contributed by atoms with Crippen LogP contribution in [-0.4, -0.2) is 23.7 Å². The van der Waals surface area contributed by atoms with Gasteiger partial charge in [-0.15, -0.1) is 0 Å². The number of carbonyl (C=O) groups excluding carboxylic acids is 1. The number of carbonyl (C=O) groups is 2. The van der Waals surface area contributed by atoms with Crippen LogP contribution in [0.5, 0.6) is 0 Å². The zero-order valence-electron chi connectivity index (χ0n) is 14.0. The predicted octanol–water partition coefficient (Wildman–Crippen LogP) is 4.87. The standard InChI is InChI=1S/C18H32O4/c1-2-3-4-5-6-7-10-13-16-22-18(21)15-12-9-8-11-14-17(19)20/h6-7H,2-5,8-16H2,1H3,(H,19,20)/b7-6-. The minimum Gasteiger partial charge on any atom is -0.481 e. The summed E-state index contributed by atoms with van der Waals surface area (Å²) in [6.07, 6.45) is 15.1. The maximum absolute atomic E-state index is 11.5. The molecule has 0 heterocycles. The van der Waals surface area contributed by atoms with Crippen molar-refractivity contribution in [3.05, 3.63) is 12.2 Å². The van der Waals surface area contributed by atoms with Gasteiger partial charge in [0.2, 0.25) is 0 Å². The van der Waals surface area contributed by atoms with Crippen LogP contribution < -0.4 is 0 Å². The number of esters is 1. The van der Waals surface area contributed by atoms with Crippen LogP contribution >= 0.6 is 0 Å². The van der Waals surface area contributed by atoms with Crippen molar-refractivity contribution in [3.8, 4) is 0 Å². The highest BCUT2D eigenvalue weighted by molar-refractivity contribution is 5.69. The van der Waals surface area contributed by atoms with Gasteiger partial charge in [0, 0.05) is 12.8 Å². The molecule has 4 heteroatoms. The molecule has 0 unspecified atom stereocenters. The Morgan fingerprint density at radius 3 is 2.14 bits per heavy atom. The van der Waals surface area contributed by atoms with Crippen LogP contribution in [0, 0.1) is 0 Å². The SMILES string of the molecule is CCCCC/C=C\CCCOC(=O)CCCCCCC(=O)O. The normalized spacial score (nSPS) is 11.0. The summed E-state index contributed by atoms with van der Waals surface area (Å²) in [4.78, 5) is 21.8. The fourth-order valence-electron chi connectivity index (χ4n) is 2.11. The van der Waals surface area contributed by atoms with Crippen molar-refractivity contribution in [1.29, 1.82) is 0 Å². The van der Waals surface area contributed by atoms with Gasteiger partial charge in [0.15, 0.2) is 0 Å². The second kappa shape index (κ2) is 16.1. The van der Waals surface area contributed by atoms with Gasteiger partial charge in [-0.1, -0.05) is 44.8 Å². The Labute approximate surface area is 134 Å². The number of carboxylic acids is 1. The third-order valence-corrected chi connectivity index (χ3v) is 3.44. The highest BCUT2D eigenvalue weighted by atomic mass is 16.5. The average Bonchev–Trinajstić information content (AvgIpc) is 2.48. The fraction of sp³-hybridized carbons (Fsp3) is 0.778. The van der Waals surface area contributed by atoms with Crippen LogP contribution in [0.2, 0.25) is 0 Å². The van der Waals surface area contributed by atoms with Crippen LogP contribution in [-0.2, 0) is 14.3 Å². The number of aliphatic carboxylic acids is 1. The van der Waals surface area contributed by atoms with Gasteiger partial charge in [0.25, 0.3) is 0 Å². The van der Waals surface area contributed by atoms with Crippen LogP contribution in [0.15, 0.2) is 12.2 Å². The first-order valence-corrected chi connectivity index (χ1v) is 8.69. The quantitative estimate of drug-likeness (QED) is 0.266. The Hall–Kier alpha value is -1.32. The molecule has 0 rings (SSSR count).